The number of carbonyl (C=O) groups is 1. The van der Waals surface area contributed by atoms with E-state index in [4.69, 9.17) is 0 Å². The van der Waals surface area contributed by atoms with Crippen LogP contribution in [0.25, 0.3) is 5.69 Å². The van der Waals surface area contributed by atoms with Gasteiger partial charge in [-0.05, 0) is 55.7 Å². The standard InChI is InChI=1S/C20H23N5O/c1-15-7-8-17(14-22-15)9-11-21-20(26)24-16(2)18-5-3-6-19(13-18)25-12-4-10-23-25/h3-8,10,12-14,16H,9,11H2,1-2H3,(H2,21,24,26)/t16-/m0/s1. The minimum Gasteiger partial charge on any atom is -0.338 e. The molecule has 3 aromatic rings. The monoisotopic (exact) mass is 349 g/mol. The smallest absolute Gasteiger partial charge is 0.315 e. The first kappa shape index (κ1) is 17.7. The Labute approximate surface area is 153 Å². The molecule has 0 spiro atoms. The lowest BCUT2D eigenvalue weighted by molar-refractivity contribution is 0.238. The summed E-state index contributed by atoms with van der Waals surface area (Å²) in [6.45, 7) is 4.49. The zero-order valence-corrected chi connectivity index (χ0v) is 15.0. The molecule has 2 N–H and O–H groups in total. The van der Waals surface area contributed by atoms with Gasteiger partial charge in [-0.25, -0.2) is 9.48 Å². The lowest BCUT2D eigenvalue weighted by atomic mass is 10.1. The van der Waals surface area contributed by atoms with Crippen molar-refractivity contribution in [2.75, 3.05) is 6.54 Å². The average molecular weight is 349 g/mol. The van der Waals surface area contributed by atoms with Crippen molar-refractivity contribution in [1.29, 1.82) is 0 Å². The Morgan fingerprint density at radius 1 is 1.23 bits per heavy atom. The number of nitrogens with zero attached hydrogens (tertiary/aromatic N) is 3. The van der Waals surface area contributed by atoms with Gasteiger partial charge in [0.2, 0.25) is 0 Å². The van der Waals surface area contributed by atoms with Crippen LogP contribution in [0.15, 0.2) is 61.1 Å². The van der Waals surface area contributed by atoms with Crippen LogP contribution in [-0.2, 0) is 6.42 Å². The van der Waals surface area contributed by atoms with Crippen LogP contribution in [0.5, 0.6) is 0 Å². The van der Waals surface area contributed by atoms with Crippen molar-refractivity contribution in [3.05, 3.63) is 77.9 Å². The lowest BCUT2D eigenvalue weighted by Crippen LogP contribution is -2.38. The summed E-state index contributed by atoms with van der Waals surface area (Å²) in [7, 11) is 0. The van der Waals surface area contributed by atoms with Gasteiger partial charge in [-0.2, -0.15) is 5.10 Å². The molecule has 2 heterocycles. The Kier molecular flexibility index (Phi) is 5.63. The second-order valence-corrected chi connectivity index (χ2v) is 6.23. The molecule has 0 bridgehead atoms. The highest BCUT2D eigenvalue weighted by Crippen LogP contribution is 2.16. The molecule has 6 nitrogen and oxygen atoms in total. The van der Waals surface area contributed by atoms with Crippen molar-refractivity contribution in [1.82, 2.24) is 25.4 Å². The van der Waals surface area contributed by atoms with E-state index in [1.807, 2.05) is 68.7 Å². The highest BCUT2D eigenvalue weighted by atomic mass is 16.2. The van der Waals surface area contributed by atoms with Crippen molar-refractivity contribution in [2.45, 2.75) is 26.3 Å². The highest BCUT2D eigenvalue weighted by Gasteiger charge is 2.10. The molecule has 0 aliphatic rings. The van der Waals surface area contributed by atoms with E-state index in [0.29, 0.717) is 6.54 Å². The predicted molar refractivity (Wildman–Crippen MR) is 101 cm³/mol. The van der Waals surface area contributed by atoms with Crippen LogP contribution in [0, 0.1) is 6.92 Å². The fourth-order valence-electron chi connectivity index (χ4n) is 2.66. The molecule has 0 saturated carbocycles. The molecule has 3 rings (SSSR count). The maximum absolute atomic E-state index is 12.1. The van der Waals surface area contributed by atoms with E-state index >= 15 is 0 Å². The molecule has 1 aromatic carbocycles. The first-order chi connectivity index (χ1) is 12.6. The maximum atomic E-state index is 12.1. The Bertz CT molecular complexity index is 843. The zero-order chi connectivity index (χ0) is 18.4. The van der Waals surface area contributed by atoms with Crippen LogP contribution < -0.4 is 10.6 Å². The molecule has 0 saturated heterocycles. The van der Waals surface area contributed by atoms with Gasteiger partial charge < -0.3 is 10.6 Å². The quantitative estimate of drug-likeness (QED) is 0.718. The van der Waals surface area contributed by atoms with Crippen LogP contribution in [-0.4, -0.2) is 27.3 Å². The van der Waals surface area contributed by atoms with E-state index in [9.17, 15) is 4.79 Å². The molecule has 2 aromatic heterocycles. The van der Waals surface area contributed by atoms with Crippen LogP contribution >= 0.6 is 0 Å². The number of nitrogens with one attached hydrogen (secondary N) is 2. The van der Waals surface area contributed by atoms with Gasteiger partial charge >= 0.3 is 6.03 Å². The second-order valence-electron chi connectivity index (χ2n) is 6.23. The summed E-state index contributed by atoms with van der Waals surface area (Å²) in [5, 5.41) is 10.1. The Balaban J connectivity index is 1.51. The Morgan fingerprint density at radius 3 is 2.85 bits per heavy atom. The number of rotatable bonds is 6. The van der Waals surface area contributed by atoms with Gasteiger partial charge in [0, 0.05) is 30.8 Å². The van der Waals surface area contributed by atoms with Crippen molar-refractivity contribution < 1.29 is 4.79 Å². The molecule has 0 radical (unpaired) electrons. The number of hydrogen-bond acceptors (Lipinski definition) is 3. The van der Waals surface area contributed by atoms with E-state index in [-0.39, 0.29) is 12.1 Å². The number of amides is 2. The number of benzene rings is 1. The second kappa shape index (κ2) is 8.29. The van der Waals surface area contributed by atoms with Crippen molar-refractivity contribution in [2.24, 2.45) is 0 Å². The zero-order valence-electron chi connectivity index (χ0n) is 15.0. The maximum Gasteiger partial charge on any atom is 0.315 e. The molecule has 26 heavy (non-hydrogen) atoms. The summed E-state index contributed by atoms with van der Waals surface area (Å²) in [6.07, 6.45) is 6.23. The van der Waals surface area contributed by atoms with E-state index in [0.717, 1.165) is 28.9 Å². The van der Waals surface area contributed by atoms with Crippen molar-refractivity contribution in [3.63, 3.8) is 0 Å². The summed E-state index contributed by atoms with van der Waals surface area (Å²) in [5.41, 5.74) is 4.09. The fourth-order valence-corrected chi connectivity index (χ4v) is 2.66. The van der Waals surface area contributed by atoms with Crippen LogP contribution in [0.3, 0.4) is 0 Å². The highest BCUT2D eigenvalue weighted by molar-refractivity contribution is 5.74. The van der Waals surface area contributed by atoms with Crippen LogP contribution in [0.1, 0.15) is 29.8 Å². The van der Waals surface area contributed by atoms with Crippen molar-refractivity contribution in [3.8, 4) is 5.69 Å². The molecule has 0 aliphatic carbocycles. The fraction of sp³-hybridized carbons (Fsp3) is 0.250. The minimum absolute atomic E-state index is 0.105. The number of aryl methyl sites for hydroxylation is 1. The summed E-state index contributed by atoms with van der Waals surface area (Å²) in [4.78, 5) is 16.4. The Morgan fingerprint density at radius 2 is 2.12 bits per heavy atom. The largest absolute Gasteiger partial charge is 0.338 e. The molecular formula is C20H23N5O. The molecule has 0 aliphatic heterocycles. The summed E-state index contributed by atoms with van der Waals surface area (Å²) in [5.74, 6) is 0. The number of aromatic nitrogens is 3. The van der Waals surface area contributed by atoms with E-state index in [2.05, 4.69) is 20.7 Å². The normalized spacial score (nSPS) is 11.8. The SMILES string of the molecule is Cc1ccc(CCNC(=O)N[C@@H](C)c2cccc(-n3cccn3)c2)cn1. The van der Waals surface area contributed by atoms with Gasteiger partial charge in [0.1, 0.15) is 0 Å². The van der Waals surface area contributed by atoms with E-state index in [1.54, 1.807) is 10.9 Å². The first-order valence-corrected chi connectivity index (χ1v) is 8.68. The van der Waals surface area contributed by atoms with Gasteiger partial charge in [0.25, 0.3) is 0 Å². The summed E-state index contributed by atoms with van der Waals surface area (Å²) in [6, 6.07) is 13.6. The van der Waals surface area contributed by atoms with Crippen LogP contribution in [0.2, 0.25) is 0 Å². The third-order valence-corrected chi connectivity index (χ3v) is 4.16. The molecule has 2 amide bonds. The Hall–Kier alpha value is -3.15. The summed E-state index contributed by atoms with van der Waals surface area (Å²) < 4.78 is 1.80. The van der Waals surface area contributed by atoms with Gasteiger partial charge in [-0.1, -0.05) is 18.2 Å². The van der Waals surface area contributed by atoms with Crippen molar-refractivity contribution >= 4 is 6.03 Å². The molecule has 0 fully saturated rings. The molecule has 6 heteroatoms. The third-order valence-electron chi connectivity index (χ3n) is 4.16. The molecule has 0 unspecified atom stereocenters. The average Bonchev–Trinajstić information content (AvgIpc) is 3.18. The topological polar surface area (TPSA) is 71.8 Å². The molecular weight excluding hydrogens is 326 g/mol. The van der Waals surface area contributed by atoms with E-state index < -0.39 is 0 Å². The lowest BCUT2D eigenvalue weighted by Gasteiger charge is -2.16. The van der Waals surface area contributed by atoms with Gasteiger partial charge in [-0.3, -0.25) is 4.98 Å². The van der Waals surface area contributed by atoms with E-state index in [1.165, 1.54) is 0 Å². The van der Waals surface area contributed by atoms with Gasteiger partial charge in [0.15, 0.2) is 0 Å². The number of hydrogen-bond donors (Lipinski definition) is 2. The molecule has 1 atom stereocenters. The number of pyridine rings is 1. The number of carbonyl (C=O) groups excluding carboxylic acids is 1. The van der Waals surface area contributed by atoms with Gasteiger partial charge in [0.05, 0.1) is 11.7 Å². The molecule has 134 valence electrons. The summed E-state index contributed by atoms with van der Waals surface area (Å²) >= 11 is 0. The minimum atomic E-state index is -0.179. The first-order valence-electron chi connectivity index (χ1n) is 8.68. The third kappa shape index (κ3) is 4.69. The number of urea groups is 1. The van der Waals surface area contributed by atoms with Gasteiger partial charge in [-0.15, -0.1) is 0 Å². The predicted octanol–water partition coefficient (Wildman–Crippen LogP) is 3.18. The van der Waals surface area contributed by atoms with Crippen LogP contribution in [0.4, 0.5) is 4.79 Å².